The first kappa shape index (κ1) is 14.5. The fourth-order valence-corrected chi connectivity index (χ4v) is 3.13. The van der Waals surface area contributed by atoms with Crippen LogP contribution in [0.4, 0.5) is 0 Å². The third-order valence-electron chi connectivity index (χ3n) is 4.29. The highest BCUT2D eigenvalue weighted by molar-refractivity contribution is 5.36. The largest absolute Gasteiger partial charge is 0.313 e. The second-order valence-electron chi connectivity index (χ2n) is 5.87. The molecule has 5 heteroatoms. The van der Waals surface area contributed by atoms with E-state index in [1.165, 1.54) is 38.9 Å². The Balaban J connectivity index is 1.44. The molecule has 3 heterocycles. The van der Waals surface area contributed by atoms with E-state index in [9.17, 15) is 0 Å². The smallest absolute Gasteiger partial charge is 0.160 e. The lowest BCUT2D eigenvalue weighted by molar-refractivity contribution is 0.198. The maximum Gasteiger partial charge on any atom is 0.160 e. The Morgan fingerprint density at radius 1 is 1.24 bits per heavy atom. The minimum atomic E-state index is 0.664. The summed E-state index contributed by atoms with van der Waals surface area (Å²) >= 11 is 0. The summed E-state index contributed by atoms with van der Waals surface area (Å²) in [4.78, 5) is 2.57. The van der Waals surface area contributed by atoms with Gasteiger partial charge in [-0.25, -0.2) is 0 Å². The number of likely N-dealkylation sites (tertiary alicyclic amines) is 1. The molecule has 0 unspecified atom stereocenters. The van der Waals surface area contributed by atoms with Crippen molar-refractivity contribution in [2.75, 3.05) is 26.2 Å². The molecule has 0 aromatic carbocycles. The molecule has 0 atom stereocenters. The number of hydrogen-bond donors (Lipinski definition) is 1. The van der Waals surface area contributed by atoms with Crippen molar-refractivity contribution in [2.24, 2.45) is 0 Å². The minimum Gasteiger partial charge on any atom is -0.313 e. The average molecular weight is 287 g/mol. The molecule has 0 radical (unpaired) electrons. The molecule has 1 N–H and O–H groups in total. The fourth-order valence-electron chi connectivity index (χ4n) is 3.13. The molecule has 0 amide bonds. The summed E-state index contributed by atoms with van der Waals surface area (Å²) < 4.78 is 2.07. The molecule has 1 fully saturated rings. The number of nitrogens with one attached hydrogen (secondary N) is 1. The number of piperidine rings is 1. The van der Waals surface area contributed by atoms with Gasteiger partial charge in [0, 0.05) is 25.2 Å². The van der Waals surface area contributed by atoms with E-state index in [1.54, 1.807) is 0 Å². The predicted molar refractivity (Wildman–Crippen MR) is 84.4 cm³/mol. The second-order valence-corrected chi connectivity index (χ2v) is 5.87. The van der Waals surface area contributed by atoms with Gasteiger partial charge in [-0.05, 0) is 51.0 Å². The Kier molecular flexibility index (Phi) is 4.83. The summed E-state index contributed by atoms with van der Waals surface area (Å²) in [5.74, 6) is 1.04. The third-order valence-corrected chi connectivity index (χ3v) is 4.29. The number of rotatable bonds is 6. The SMILES string of the molecule is CCCN1CCC(NCCc2nnc3ccccn23)CC1. The summed E-state index contributed by atoms with van der Waals surface area (Å²) in [6, 6.07) is 6.68. The van der Waals surface area contributed by atoms with Gasteiger partial charge in [-0.15, -0.1) is 10.2 Å². The second kappa shape index (κ2) is 7.00. The lowest BCUT2D eigenvalue weighted by Gasteiger charge is -2.32. The summed E-state index contributed by atoms with van der Waals surface area (Å²) in [5.41, 5.74) is 0.931. The highest BCUT2D eigenvalue weighted by Gasteiger charge is 2.17. The van der Waals surface area contributed by atoms with Gasteiger partial charge in [0.1, 0.15) is 5.82 Å². The fraction of sp³-hybridized carbons (Fsp3) is 0.625. The lowest BCUT2D eigenvalue weighted by atomic mass is 10.0. The maximum atomic E-state index is 4.28. The van der Waals surface area contributed by atoms with Crippen LogP contribution in [0.3, 0.4) is 0 Å². The van der Waals surface area contributed by atoms with E-state index in [4.69, 9.17) is 0 Å². The molecule has 114 valence electrons. The zero-order valence-corrected chi connectivity index (χ0v) is 12.8. The van der Waals surface area contributed by atoms with Gasteiger partial charge in [0.15, 0.2) is 5.65 Å². The van der Waals surface area contributed by atoms with Gasteiger partial charge in [0.25, 0.3) is 0 Å². The van der Waals surface area contributed by atoms with Crippen LogP contribution in [0.15, 0.2) is 24.4 Å². The minimum absolute atomic E-state index is 0.664. The van der Waals surface area contributed by atoms with Gasteiger partial charge in [0.2, 0.25) is 0 Å². The first-order chi connectivity index (χ1) is 10.4. The van der Waals surface area contributed by atoms with Crippen LogP contribution in [-0.2, 0) is 6.42 Å². The van der Waals surface area contributed by atoms with E-state index in [-0.39, 0.29) is 0 Å². The number of aromatic nitrogens is 3. The van der Waals surface area contributed by atoms with Crippen molar-refractivity contribution in [1.29, 1.82) is 0 Å². The van der Waals surface area contributed by atoms with Gasteiger partial charge in [-0.3, -0.25) is 4.40 Å². The van der Waals surface area contributed by atoms with E-state index in [2.05, 4.69) is 31.7 Å². The number of pyridine rings is 1. The van der Waals surface area contributed by atoms with Crippen LogP contribution >= 0.6 is 0 Å². The van der Waals surface area contributed by atoms with Crippen molar-refractivity contribution < 1.29 is 0 Å². The van der Waals surface area contributed by atoms with Crippen LogP contribution in [0.25, 0.3) is 5.65 Å². The average Bonchev–Trinajstić information content (AvgIpc) is 2.93. The van der Waals surface area contributed by atoms with Gasteiger partial charge in [0.05, 0.1) is 0 Å². The molecule has 0 saturated carbocycles. The Hall–Kier alpha value is -1.46. The molecule has 1 aliphatic rings. The van der Waals surface area contributed by atoms with Crippen molar-refractivity contribution in [3.05, 3.63) is 30.2 Å². The molecular formula is C16H25N5. The summed E-state index contributed by atoms with van der Waals surface area (Å²) in [5, 5.41) is 12.2. The summed E-state index contributed by atoms with van der Waals surface area (Å²) in [6.45, 7) is 6.96. The Labute approximate surface area is 126 Å². The first-order valence-electron chi connectivity index (χ1n) is 8.11. The predicted octanol–water partition coefficient (Wildman–Crippen LogP) is 1.74. The quantitative estimate of drug-likeness (QED) is 0.879. The molecule has 5 nitrogen and oxygen atoms in total. The van der Waals surface area contributed by atoms with Crippen molar-refractivity contribution in [3.63, 3.8) is 0 Å². The molecule has 1 saturated heterocycles. The van der Waals surface area contributed by atoms with E-state index in [0.717, 1.165) is 24.4 Å². The maximum absolute atomic E-state index is 4.28. The Morgan fingerprint density at radius 3 is 2.90 bits per heavy atom. The van der Waals surface area contributed by atoms with Crippen molar-refractivity contribution in [3.8, 4) is 0 Å². The normalized spacial score (nSPS) is 17.6. The molecule has 1 aliphatic heterocycles. The summed E-state index contributed by atoms with van der Waals surface area (Å²) in [7, 11) is 0. The van der Waals surface area contributed by atoms with Gasteiger partial charge in [-0.1, -0.05) is 13.0 Å². The van der Waals surface area contributed by atoms with Crippen LogP contribution in [-0.4, -0.2) is 51.7 Å². The van der Waals surface area contributed by atoms with Crippen LogP contribution < -0.4 is 5.32 Å². The number of nitrogens with zero attached hydrogens (tertiary/aromatic N) is 4. The van der Waals surface area contributed by atoms with E-state index in [1.807, 2.05) is 24.4 Å². The lowest BCUT2D eigenvalue weighted by Crippen LogP contribution is -2.43. The van der Waals surface area contributed by atoms with Gasteiger partial charge >= 0.3 is 0 Å². The standard InChI is InChI=1S/C16H25N5/c1-2-10-20-12-7-14(8-13-20)17-9-6-16-19-18-15-5-3-4-11-21(15)16/h3-5,11,14,17H,2,6-10,12-13H2,1H3. The zero-order chi connectivity index (χ0) is 14.5. The van der Waals surface area contributed by atoms with Crippen LogP contribution in [0.2, 0.25) is 0 Å². The molecule has 2 aromatic rings. The van der Waals surface area contributed by atoms with Crippen LogP contribution in [0.1, 0.15) is 32.0 Å². The van der Waals surface area contributed by atoms with Crippen molar-refractivity contribution in [1.82, 2.24) is 24.8 Å². The third kappa shape index (κ3) is 3.60. The molecule has 0 bridgehead atoms. The highest BCUT2D eigenvalue weighted by atomic mass is 15.2. The van der Waals surface area contributed by atoms with Crippen molar-refractivity contribution in [2.45, 2.75) is 38.6 Å². The molecule has 21 heavy (non-hydrogen) atoms. The van der Waals surface area contributed by atoms with E-state index >= 15 is 0 Å². The van der Waals surface area contributed by atoms with Gasteiger partial charge < -0.3 is 10.2 Å². The first-order valence-corrected chi connectivity index (χ1v) is 8.11. The van der Waals surface area contributed by atoms with E-state index in [0.29, 0.717) is 6.04 Å². The molecule has 3 rings (SSSR count). The van der Waals surface area contributed by atoms with Crippen LogP contribution in [0, 0.1) is 0 Å². The highest BCUT2D eigenvalue weighted by Crippen LogP contribution is 2.10. The number of hydrogen-bond acceptors (Lipinski definition) is 4. The molecular weight excluding hydrogens is 262 g/mol. The van der Waals surface area contributed by atoms with Crippen LogP contribution in [0.5, 0.6) is 0 Å². The monoisotopic (exact) mass is 287 g/mol. The summed E-state index contributed by atoms with van der Waals surface area (Å²) in [6.07, 6.45) is 6.76. The van der Waals surface area contributed by atoms with Crippen molar-refractivity contribution >= 4 is 5.65 Å². The molecule has 0 spiro atoms. The topological polar surface area (TPSA) is 45.5 Å². The van der Waals surface area contributed by atoms with Gasteiger partial charge in [-0.2, -0.15) is 0 Å². The Morgan fingerprint density at radius 2 is 2.10 bits per heavy atom. The Bertz CT molecular complexity index is 557. The molecule has 0 aliphatic carbocycles. The zero-order valence-electron chi connectivity index (χ0n) is 12.8. The number of fused-ring (bicyclic) bond motifs is 1. The molecule has 2 aromatic heterocycles. The van der Waals surface area contributed by atoms with E-state index < -0.39 is 0 Å².